The number of methoxy groups -OCH3 is 1. The summed E-state index contributed by atoms with van der Waals surface area (Å²) in [6.07, 6.45) is 0.757. The van der Waals surface area contributed by atoms with Gasteiger partial charge in [-0.05, 0) is 25.1 Å². The van der Waals surface area contributed by atoms with Gasteiger partial charge in [0, 0.05) is 31.4 Å². The van der Waals surface area contributed by atoms with Gasteiger partial charge in [-0.25, -0.2) is 4.79 Å². The lowest BCUT2D eigenvalue weighted by Crippen LogP contribution is -2.48. The Labute approximate surface area is 125 Å². The average Bonchev–Trinajstić information content (AvgIpc) is 2.56. The van der Waals surface area contributed by atoms with E-state index in [2.05, 4.69) is 0 Å². The molecule has 2 amide bonds. The molecule has 0 saturated carbocycles. The molecule has 116 valence electrons. The molecular formula is C15H23N3O3. The van der Waals surface area contributed by atoms with Crippen LogP contribution in [0.25, 0.3) is 0 Å². The number of carbonyl (C=O) groups excluding carboxylic acids is 1. The molecule has 6 heteroatoms. The largest absolute Gasteiger partial charge is 0.497 e. The van der Waals surface area contributed by atoms with Crippen molar-refractivity contribution in [2.24, 2.45) is 5.73 Å². The second kappa shape index (κ2) is 7.85. The number of morpholine rings is 1. The maximum atomic E-state index is 12.7. The van der Waals surface area contributed by atoms with Crippen LogP contribution in [0.2, 0.25) is 0 Å². The van der Waals surface area contributed by atoms with Crippen molar-refractivity contribution in [1.29, 1.82) is 0 Å². The Hall–Kier alpha value is -1.79. The maximum absolute atomic E-state index is 12.7. The van der Waals surface area contributed by atoms with E-state index in [0.717, 1.165) is 17.9 Å². The summed E-state index contributed by atoms with van der Waals surface area (Å²) in [6, 6.07) is 7.53. The van der Waals surface area contributed by atoms with Gasteiger partial charge in [-0.3, -0.25) is 4.90 Å². The highest BCUT2D eigenvalue weighted by Crippen LogP contribution is 2.22. The Balaban J connectivity index is 2.17. The van der Waals surface area contributed by atoms with Crippen molar-refractivity contribution in [2.75, 3.05) is 51.4 Å². The normalized spacial score (nSPS) is 14.9. The van der Waals surface area contributed by atoms with Crippen molar-refractivity contribution >= 4 is 11.7 Å². The number of benzene rings is 1. The van der Waals surface area contributed by atoms with E-state index in [1.165, 1.54) is 0 Å². The lowest BCUT2D eigenvalue weighted by atomic mass is 10.2. The fraction of sp³-hybridized carbons (Fsp3) is 0.533. The highest BCUT2D eigenvalue weighted by atomic mass is 16.5. The quantitative estimate of drug-likeness (QED) is 0.888. The third kappa shape index (κ3) is 4.09. The molecule has 0 unspecified atom stereocenters. The molecular weight excluding hydrogens is 270 g/mol. The zero-order valence-electron chi connectivity index (χ0n) is 12.5. The predicted molar refractivity (Wildman–Crippen MR) is 81.8 cm³/mol. The van der Waals surface area contributed by atoms with E-state index >= 15 is 0 Å². The van der Waals surface area contributed by atoms with Gasteiger partial charge in [0.2, 0.25) is 0 Å². The molecule has 1 heterocycles. The molecule has 1 saturated heterocycles. The van der Waals surface area contributed by atoms with Crippen molar-refractivity contribution in [1.82, 2.24) is 4.90 Å². The zero-order chi connectivity index (χ0) is 15.1. The molecule has 1 aromatic carbocycles. The Morgan fingerprint density at radius 1 is 1.43 bits per heavy atom. The van der Waals surface area contributed by atoms with Gasteiger partial charge in [0.1, 0.15) is 5.75 Å². The molecule has 2 N–H and O–H groups in total. The third-order valence-electron chi connectivity index (χ3n) is 3.46. The minimum absolute atomic E-state index is 0.00000283. The van der Waals surface area contributed by atoms with Gasteiger partial charge in [0.15, 0.2) is 0 Å². The van der Waals surface area contributed by atoms with Crippen molar-refractivity contribution in [3.8, 4) is 5.75 Å². The highest BCUT2D eigenvalue weighted by Gasteiger charge is 2.23. The van der Waals surface area contributed by atoms with Gasteiger partial charge in [0.25, 0.3) is 0 Å². The van der Waals surface area contributed by atoms with Crippen LogP contribution in [0.5, 0.6) is 5.75 Å². The molecule has 21 heavy (non-hydrogen) atoms. The molecule has 6 nitrogen and oxygen atoms in total. The van der Waals surface area contributed by atoms with Crippen LogP contribution in [-0.4, -0.2) is 57.4 Å². The van der Waals surface area contributed by atoms with Gasteiger partial charge in [-0.1, -0.05) is 6.07 Å². The van der Waals surface area contributed by atoms with Crippen LogP contribution in [0, 0.1) is 0 Å². The summed E-state index contributed by atoms with van der Waals surface area (Å²) in [5.74, 6) is 0.736. The number of hydrogen-bond acceptors (Lipinski definition) is 4. The fourth-order valence-corrected chi connectivity index (χ4v) is 2.29. The Kier molecular flexibility index (Phi) is 5.83. The van der Waals surface area contributed by atoms with Crippen LogP contribution < -0.4 is 15.4 Å². The van der Waals surface area contributed by atoms with Gasteiger partial charge < -0.3 is 20.1 Å². The number of urea groups is 1. The number of rotatable bonds is 5. The monoisotopic (exact) mass is 293 g/mol. The first-order valence-corrected chi connectivity index (χ1v) is 7.24. The first kappa shape index (κ1) is 15.6. The summed E-state index contributed by atoms with van der Waals surface area (Å²) in [6.45, 7) is 3.59. The summed E-state index contributed by atoms with van der Waals surface area (Å²) < 4.78 is 10.5. The Morgan fingerprint density at radius 2 is 2.19 bits per heavy atom. The molecule has 0 spiro atoms. The maximum Gasteiger partial charge on any atom is 0.324 e. The molecule has 1 aliphatic heterocycles. The van der Waals surface area contributed by atoms with E-state index in [1.807, 2.05) is 29.2 Å². The van der Waals surface area contributed by atoms with E-state index in [0.29, 0.717) is 39.4 Å². The molecule has 1 aliphatic rings. The second-order valence-corrected chi connectivity index (χ2v) is 4.88. The lowest BCUT2D eigenvalue weighted by molar-refractivity contribution is 0.0548. The first-order valence-electron chi connectivity index (χ1n) is 7.24. The van der Waals surface area contributed by atoms with Crippen LogP contribution in [0.15, 0.2) is 24.3 Å². The standard InChI is InChI=1S/C15H23N3O3/c1-20-14-5-2-4-13(12-14)18(7-3-6-16)15(19)17-8-10-21-11-9-17/h2,4-5,12H,3,6-11,16H2,1H3. The van der Waals surface area contributed by atoms with Gasteiger partial charge in [-0.15, -0.1) is 0 Å². The molecule has 0 aliphatic carbocycles. The molecule has 0 atom stereocenters. The number of anilines is 1. The Bertz CT molecular complexity index is 461. The van der Waals surface area contributed by atoms with Crippen LogP contribution in [0.4, 0.5) is 10.5 Å². The average molecular weight is 293 g/mol. The number of nitrogens with two attached hydrogens (primary N) is 1. The summed E-state index contributed by atoms with van der Waals surface area (Å²) in [5, 5.41) is 0. The van der Waals surface area contributed by atoms with Gasteiger partial charge in [-0.2, -0.15) is 0 Å². The van der Waals surface area contributed by atoms with Gasteiger partial charge in [0.05, 0.1) is 20.3 Å². The van der Waals surface area contributed by atoms with Crippen LogP contribution in [-0.2, 0) is 4.74 Å². The van der Waals surface area contributed by atoms with E-state index in [1.54, 1.807) is 12.0 Å². The molecule has 0 bridgehead atoms. The number of nitrogens with zero attached hydrogens (tertiary/aromatic N) is 2. The number of hydrogen-bond donors (Lipinski definition) is 1. The summed E-state index contributed by atoms with van der Waals surface area (Å²) >= 11 is 0. The van der Waals surface area contributed by atoms with E-state index in [9.17, 15) is 4.79 Å². The van der Waals surface area contributed by atoms with Crippen LogP contribution in [0.3, 0.4) is 0 Å². The third-order valence-corrected chi connectivity index (χ3v) is 3.46. The molecule has 1 fully saturated rings. The highest BCUT2D eigenvalue weighted by molar-refractivity contribution is 5.92. The smallest absolute Gasteiger partial charge is 0.324 e. The van der Waals surface area contributed by atoms with E-state index in [-0.39, 0.29) is 6.03 Å². The fourth-order valence-electron chi connectivity index (χ4n) is 2.29. The SMILES string of the molecule is COc1cccc(N(CCCN)C(=O)N2CCOCC2)c1. The number of amides is 2. The summed E-state index contributed by atoms with van der Waals surface area (Å²) in [5.41, 5.74) is 6.43. The van der Waals surface area contributed by atoms with Crippen LogP contribution >= 0.6 is 0 Å². The summed E-state index contributed by atoms with van der Waals surface area (Å²) in [7, 11) is 1.62. The molecule has 1 aromatic rings. The molecule has 0 radical (unpaired) electrons. The zero-order valence-corrected chi connectivity index (χ0v) is 12.5. The van der Waals surface area contributed by atoms with Crippen molar-refractivity contribution < 1.29 is 14.3 Å². The minimum atomic E-state index is 0.00000283. The van der Waals surface area contributed by atoms with Crippen LogP contribution in [0.1, 0.15) is 6.42 Å². The van der Waals surface area contributed by atoms with Crippen molar-refractivity contribution in [3.05, 3.63) is 24.3 Å². The molecule has 0 aromatic heterocycles. The molecule has 2 rings (SSSR count). The minimum Gasteiger partial charge on any atom is -0.497 e. The predicted octanol–water partition coefficient (Wildman–Crippen LogP) is 1.30. The topological polar surface area (TPSA) is 68.0 Å². The summed E-state index contributed by atoms with van der Waals surface area (Å²) in [4.78, 5) is 16.3. The second-order valence-electron chi connectivity index (χ2n) is 4.88. The van der Waals surface area contributed by atoms with Gasteiger partial charge >= 0.3 is 6.03 Å². The van der Waals surface area contributed by atoms with Crippen molar-refractivity contribution in [2.45, 2.75) is 6.42 Å². The number of ether oxygens (including phenoxy) is 2. The van der Waals surface area contributed by atoms with E-state index < -0.39 is 0 Å². The first-order chi connectivity index (χ1) is 10.3. The number of carbonyl (C=O) groups is 1. The van der Waals surface area contributed by atoms with Crippen molar-refractivity contribution in [3.63, 3.8) is 0 Å². The lowest BCUT2D eigenvalue weighted by Gasteiger charge is -2.33. The Morgan fingerprint density at radius 3 is 2.86 bits per heavy atom. The van der Waals surface area contributed by atoms with E-state index in [4.69, 9.17) is 15.2 Å².